The van der Waals surface area contributed by atoms with Gasteiger partial charge in [0.1, 0.15) is 48.8 Å². The molecule has 0 amide bonds. The summed E-state index contributed by atoms with van der Waals surface area (Å²) in [5.74, 6) is -3.24. The molecule has 3 saturated heterocycles. The molecule has 0 aliphatic carbocycles. The highest BCUT2D eigenvalue weighted by Gasteiger charge is 2.55. The smallest absolute Gasteiger partial charge is 0.309 e. The van der Waals surface area contributed by atoms with E-state index in [0.717, 1.165) is 5.56 Å². The molecule has 2 aromatic rings. The molecule has 0 bridgehead atoms. The molecule has 0 radical (unpaired) electrons. The zero-order chi connectivity index (χ0) is 52.2. The molecule has 3 fully saturated rings. The van der Waals surface area contributed by atoms with E-state index in [1.165, 1.54) is 25.8 Å². The fourth-order valence-corrected chi connectivity index (χ4v) is 11.7. The predicted octanol–water partition coefficient (Wildman–Crippen LogP) is 3.86. The monoisotopic (exact) mass is 995 g/mol. The van der Waals surface area contributed by atoms with Crippen LogP contribution in [0.2, 0.25) is 0 Å². The van der Waals surface area contributed by atoms with Gasteiger partial charge in [-0.25, -0.2) is 9.07 Å². The number of hydrogen-bond donors (Lipinski definition) is 6. The number of rotatable bonds is 14. The fraction of sp³-hybridized carbons (Fsp3) is 0.824. The molecule has 1 aromatic heterocycles. The lowest BCUT2D eigenvalue weighted by atomic mass is 9.68. The maximum absolute atomic E-state index is 14.6. The molecule has 19 heteroatoms. The van der Waals surface area contributed by atoms with Crippen LogP contribution in [0.15, 0.2) is 30.5 Å². The number of halogens is 1. The van der Waals surface area contributed by atoms with E-state index < -0.39 is 120 Å². The number of methoxy groups -OCH3 is 2. The van der Waals surface area contributed by atoms with Gasteiger partial charge in [-0.2, -0.15) is 0 Å². The van der Waals surface area contributed by atoms with Crippen LogP contribution in [0.3, 0.4) is 0 Å². The summed E-state index contributed by atoms with van der Waals surface area (Å²) < 4.78 is 54.0. The van der Waals surface area contributed by atoms with Crippen LogP contribution in [0.1, 0.15) is 118 Å². The Labute approximate surface area is 415 Å². The van der Waals surface area contributed by atoms with Crippen LogP contribution >= 0.6 is 0 Å². The summed E-state index contributed by atoms with van der Waals surface area (Å²) in [6.45, 7) is 17.9. The Morgan fingerprint density at radius 3 is 2.26 bits per heavy atom. The molecule has 0 saturated carbocycles. The topological polar surface area (TPSA) is 237 Å². The highest BCUT2D eigenvalue weighted by molar-refractivity contribution is 5.73. The quantitative estimate of drug-likeness (QED) is 0.116. The highest BCUT2D eigenvalue weighted by atomic mass is 19.1. The van der Waals surface area contributed by atoms with Gasteiger partial charge in [-0.3, -0.25) is 4.79 Å². The SMILES string of the molecule is CC[C@H]1OC(=O)[C@H](C)C([C@H]2C[C@@](C)(OC)[C@@H](O)[C@H](C)O2)[C@H](C)[C@@H](O[C@@H]2O[C@H](C)C[C@H](N(C)CCc3cn([C@H](CF)[C@H](OC)c4ccc(N)cc4)nn3)[C@H]2O)[C@](C)(O)C[C@@H](C)CN(C)[C@H](C)[C@@H](O)[C@]1(C)O. The van der Waals surface area contributed by atoms with E-state index in [9.17, 15) is 34.7 Å². The minimum atomic E-state index is -1.83. The largest absolute Gasteiger partial charge is 0.459 e. The summed E-state index contributed by atoms with van der Waals surface area (Å²) in [7, 11) is 6.77. The number of likely N-dealkylation sites (N-methyl/N-ethyl adjacent to an activating group) is 2. The highest BCUT2D eigenvalue weighted by Crippen LogP contribution is 2.45. The van der Waals surface area contributed by atoms with Crippen LogP contribution in [0.25, 0.3) is 0 Å². The number of nitrogens with zero attached hydrogens (tertiary/aromatic N) is 5. The Balaban J connectivity index is 1.47. The number of benzene rings is 1. The molecule has 7 N–H and O–H groups in total. The summed E-state index contributed by atoms with van der Waals surface area (Å²) >= 11 is 0. The van der Waals surface area contributed by atoms with Crippen molar-refractivity contribution >= 4 is 11.7 Å². The molecule has 18 nitrogen and oxygen atoms in total. The lowest BCUT2D eigenvalue weighted by molar-refractivity contribution is -0.302. The van der Waals surface area contributed by atoms with Gasteiger partial charge in [0.2, 0.25) is 0 Å². The van der Waals surface area contributed by atoms with Gasteiger partial charge in [-0.1, -0.05) is 45.0 Å². The van der Waals surface area contributed by atoms with Crippen molar-refractivity contribution in [1.82, 2.24) is 24.8 Å². The Bertz CT molecular complexity index is 1950. The van der Waals surface area contributed by atoms with Gasteiger partial charge in [-0.05, 0) is 104 Å². The first kappa shape index (κ1) is 58.0. The van der Waals surface area contributed by atoms with E-state index in [-0.39, 0.29) is 31.3 Å². The summed E-state index contributed by atoms with van der Waals surface area (Å²) in [6, 6.07) is 5.25. The number of cyclic esters (lactones) is 1. The summed E-state index contributed by atoms with van der Waals surface area (Å²) in [4.78, 5) is 18.5. The van der Waals surface area contributed by atoms with Gasteiger partial charge in [0, 0.05) is 70.0 Å². The van der Waals surface area contributed by atoms with Crippen LogP contribution < -0.4 is 5.73 Å². The number of anilines is 1. The van der Waals surface area contributed by atoms with E-state index in [2.05, 4.69) is 10.3 Å². The average molecular weight is 995 g/mol. The zero-order valence-corrected chi connectivity index (χ0v) is 44.1. The van der Waals surface area contributed by atoms with Gasteiger partial charge in [-0.15, -0.1) is 5.10 Å². The van der Waals surface area contributed by atoms with Crippen molar-refractivity contribution in [3.05, 3.63) is 41.7 Å². The molecule has 70 heavy (non-hydrogen) atoms. The van der Waals surface area contributed by atoms with Crippen LogP contribution in [0.4, 0.5) is 10.1 Å². The number of nitrogen functional groups attached to an aromatic ring is 1. The van der Waals surface area contributed by atoms with Gasteiger partial charge in [0.25, 0.3) is 0 Å². The normalized spacial score (nSPS) is 40.8. The van der Waals surface area contributed by atoms with Crippen molar-refractivity contribution in [2.45, 2.75) is 197 Å². The van der Waals surface area contributed by atoms with Crippen LogP contribution in [-0.4, -0.2) is 188 Å². The number of esters is 1. The Kier molecular flexibility index (Phi) is 19.8. The van der Waals surface area contributed by atoms with Gasteiger partial charge in [0.15, 0.2) is 6.29 Å². The second-order valence-electron chi connectivity index (χ2n) is 21.8. The van der Waals surface area contributed by atoms with Crippen molar-refractivity contribution in [3.63, 3.8) is 0 Å². The number of nitrogens with two attached hydrogens (primary N) is 1. The summed E-state index contributed by atoms with van der Waals surface area (Å²) in [6.07, 6.45) is -6.20. The lowest BCUT2D eigenvalue weighted by Gasteiger charge is -2.51. The van der Waals surface area contributed by atoms with Crippen molar-refractivity contribution in [2.75, 3.05) is 53.8 Å². The molecule has 400 valence electrons. The Hall–Kier alpha value is -2.92. The standard InChI is InChI=1S/C51H87FN6O12/c1-15-40-51(10,64)44(60)32(6)57(12)26-28(2)23-49(8,63)46(30(4)41(31(5)47(62)69-40)39-24-50(9,66-14)45(61)33(7)68-39)70-48-42(59)37(22-29(3)67-48)56(11)21-20-36-27-58(55-54-36)38(25-52)43(65-13)34-16-18-35(53)19-17-34/h16-19,27-33,37-46,48,59-61,63-64H,15,20-26,53H2,1-14H3/t28-,29-,30+,31-,32-,33+,37+,38-,39-,40-,41?,42-,43-,44-,45+,46-,48+,49-,50-,51-/m1/s1. The number of alkyl halides is 1. The second-order valence-corrected chi connectivity index (χ2v) is 21.8. The van der Waals surface area contributed by atoms with E-state index in [1.54, 1.807) is 72.0 Å². The van der Waals surface area contributed by atoms with Crippen molar-refractivity contribution < 1.29 is 63.1 Å². The number of ether oxygens (including phenoxy) is 6. The molecule has 3 aliphatic rings. The molecule has 5 rings (SSSR count). The van der Waals surface area contributed by atoms with E-state index in [0.29, 0.717) is 37.3 Å². The number of carbonyl (C=O) groups is 1. The maximum atomic E-state index is 14.6. The molecule has 1 unspecified atom stereocenters. The number of hydrogen-bond acceptors (Lipinski definition) is 17. The Morgan fingerprint density at radius 1 is 1.00 bits per heavy atom. The minimum absolute atomic E-state index is 0.174. The number of aromatic nitrogens is 3. The third-order valence-corrected chi connectivity index (χ3v) is 16.1. The minimum Gasteiger partial charge on any atom is -0.459 e. The summed E-state index contributed by atoms with van der Waals surface area (Å²) in [5.41, 5.74) is 3.33. The fourth-order valence-electron chi connectivity index (χ4n) is 11.7. The molecular formula is C51H87FN6O12. The lowest BCUT2D eigenvalue weighted by Crippen LogP contribution is -2.62. The van der Waals surface area contributed by atoms with Crippen LogP contribution in [0.5, 0.6) is 0 Å². The second kappa shape index (κ2) is 24.0. The zero-order valence-electron chi connectivity index (χ0n) is 44.1. The van der Waals surface area contributed by atoms with Crippen molar-refractivity contribution in [3.8, 4) is 0 Å². The third-order valence-electron chi connectivity index (χ3n) is 16.1. The van der Waals surface area contributed by atoms with Crippen molar-refractivity contribution in [1.29, 1.82) is 0 Å². The molecule has 0 spiro atoms. The third kappa shape index (κ3) is 12.9. The first-order valence-electron chi connectivity index (χ1n) is 25.2. The first-order chi connectivity index (χ1) is 32.7. The average Bonchev–Trinajstić information content (AvgIpc) is 3.78. The molecule has 1 aromatic carbocycles. The van der Waals surface area contributed by atoms with E-state index in [1.807, 2.05) is 44.7 Å². The van der Waals surface area contributed by atoms with Gasteiger partial charge >= 0.3 is 5.97 Å². The summed E-state index contributed by atoms with van der Waals surface area (Å²) in [5, 5.41) is 68.7. The Morgan fingerprint density at radius 2 is 1.66 bits per heavy atom. The number of aliphatic hydroxyl groups excluding tert-OH is 3. The van der Waals surface area contributed by atoms with Crippen LogP contribution in [-0.2, 0) is 39.6 Å². The molecule has 3 aliphatic heterocycles. The molecule has 4 heterocycles. The predicted molar refractivity (Wildman–Crippen MR) is 261 cm³/mol. The first-order valence-corrected chi connectivity index (χ1v) is 25.2. The number of carbonyl (C=O) groups excluding carboxylic acids is 1. The molecular weight excluding hydrogens is 908 g/mol. The molecule has 20 atom stereocenters. The van der Waals surface area contributed by atoms with E-state index >= 15 is 0 Å². The maximum Gasteiger partial charge on any atom is 0.309 e. The van der Waals surface area contributed by atoms with Gasteiger partial charge in [0.05, 0.1) is 47.2 Å². The number of aliphatic hydroxyl groups is 5. The van der Waals surface area contributed by atoms with E-state index in [4.69, 9.17) is 34.2 Å². The van der Waals surface area contributed by atoms with Crippen LogP contribution in [0, 0.1) is 23.7 Å². The van der Waals surface area contributed by atoms with Gasteiger partial charge < -0.3 is 69.5 Å². The van der Waals surface area contributed by atoms with Crippen molar-refractivity contribution in [2.24, 2.45) is 23.7 Å².